The Morgan fingerprint density at radius 2 is 2.09 bits per heavy atom. The molecule has 168 valence electrons. The monoisotopic (exact) mass is 443 g/mol. The number of aryl methyl sites for hydroxylation is 1. The van der Waals surface area contributed by atoms with Crippen molar-refractivity contribution in [1.82, 2.24) is 39.3 Å². The van der Waals surface area contributed by atoms with E-state index in [1.165, 1.54) is 0 Å². The summed E-state index contributed by atoms with van der Waals surface area (Å²) in [4.78, 5) is 13.7. The van der Waals surface area contributed by atoms with E-state index in [0.717, 1.165) is 44.9 Å². The number of nitrogens with zero attached hydrogens (tertiary/aromatic N) is 8. The number of fused-ring (bicyclic) bond motifs is 2. The van der Waals surface area contributed by atoms with E-state index < -0.39 is 0 Å². The van der Waals surface area contributed by atoms with Crippen molar-refractivity contribution in [2.75, 3.05) is 11.9 Å². The Hall–Kier alpha value is -4.08. The van der Waals surface area contributed by atoms with Gasteiger partial charge in [0.25, 0.3) is 0 Å². The van der Waals surface area contributed by atoms with Crippen molar-refractivity contribution in [2.45, 2.75) is 40.3 Å². The number of ether oxygens (including phenoxy) is 1. The smallest absolute Gasteiger partial charge is 0.222 e. The molecule has 0 saturated heterocycles. The summed E-state index contributed by atoms with van der Waals surface area (Å²) in [5, 5.41) is 16.5. The van der Waals surface area contributed by atoms with E-state index in [1.807, 2.05) is 36.7 Å². The molecule has 0 bridgehead atoms. The van der Waals surface area contributed by atoms with E-state index in [1.54, 1.807) is 29.4 Å². The zero-order valence-electron chi connectivity index (χ0n) is 19.0. The first-order chi connectivity index (χ1) is 16.1. The lowest BCUT2D eigenvalue weighted by Gasteiger charge is -2.15. The Bertz CT molecular complexity index is 1440. The molecular weight excluding hydrogens is 418 g/mol. The van der Waals surface area contributed by atoms with Gasteiger partial charge in [-0.05, 0) is 45.9 Å². The van der Waals surface area contributed by atoms with Crippen LogP contribution in [0.25, 0.3) is 27.9 Å². The van der Waals surface area contributed by atoms with Gasteiger partial charge in [0.2, 0.25) is 5.88 Å². The maximum absolute atomic E-state index is 5.77. The van der Waals surface area contributed by atoms with Crippen LogP contribution in [0.4, 0.5) is 5.69 Å². The van der Waals surface area contributed by atoms with Gasteiger partial charge in [-0.15, -0.1) is 10.2 Å². The van der Waals surface area contributed by atoms with Gasteiger partial charge >= 0.3 is 0 Å². The summed E-state index contributed by atoms with van der Waals surface area (Å²) in [7, 11) is 0. The van der Waals surface area contributed by atoms with Gasteiger partial charge in [-0.3, -0.25) is 9.08 Å². The van der Waals surface area contributed by atoms with E-state index in [0.29, 0.717) is 19.0 Å². The lowest BCUT2D eigenvalue weighted by Crippen LogP contribution is -2.08. The van der Waals surface area contributed by atoms with E-state index >= 15 is 0 Å². The molecule has 0 fully saturated rings. The third-order valence-corrected chi connectivity index (χ3v) is 5.39. The second-order valence-corrected chi connectivity index (χ2v) is 8.00. The highest BCUT2D eigenvalue weighted by Crippen LogP contribution is 2.34. The normalized spacial score (nSPS) is 11.5. The molecule has 0 aliphatic heterocycles. The highest BCUT2D eigenvalue weighted by Gasteiger charge is 2.19. The predicted octanol–water partition coefficient (Wildman–Crippen LogP) is 3.83. The summed E-state index contributed by atoms with van der Waals surface area (Å²) in [5.41, 5.74) is 6.88. The zero-order valence-corrected chi connectivity index (χ0v) is 19.0. The number of rotatable bonds is 7. The molecule has 33 heavy (non-hydrogen) atoms. The Kier molecular flexibility index (Phi) is 5.33. The van der Waals surface area contributed by atoms with Crippen molar-refractivity contribution in [2.24, 2.45) is 0 Å². The molecule has 0 saturated carbocycles. The van der Waals surface area contributed by atoms with Crippen molar-refractivity contribution >= 4 is 22.4 Å². The molecule has 5 aromatic rings. The molecule has 5 heterocycles. The first kappa shape index (κ1) is 20.8. The highest BCUT2D eigenvalue weighted by molar-refractivity contribution is 5.93. The fraction of sp³-hybridized carbons (Fsp3) is 0.304. The molecule has 0 radical (unpaired) electrons. The van der Waals surface area contributed by atoms with Crippen LogP contribution >= 0.6 is 0 Å². The van der Waals surface area contributed by atoms with Gasteiger partial charge in [0.1, 0.15) is 23.7 Å². The second kappa shape index (κ2) is 8.45. The van der Waals surface area contributed by atoms with Crippen LogP contribution in [0.1, 0.15) is 38.1 Å². The summed E-state index contributed by atoms with van der Waals surface area (Å²) in [6.07, 6.45) is 6.86. The lowest BCUT2D eigenvalue weighted by molar-refractivity contribution is 0.328. The highest BCUT2D eigenvalue weighted by atomic mass is 16.5. The Morgan fingerprint density at radius 1 is 1.21 bits per heavy atom. The molecule has 0 atom stereocenters. The van der Waals surface area contributed by atoms with Crippen LogP contribution in [0, 0.1) is 6.92 Å². The van der Waals surface area contributed by atoms with E-state index in [2.05, 4.69) is 39.3 Å². The van der Waals surface area contributed by atoms with E-state index in [-0.39, 0.29) is 6.04 Å². The molecule has 5 rings (SSSR count). The van der Waals surface area contributed by atoms with Crippen LogP contribution in [-0.4, -0.2) is 45.9 Å². The van der Waals surface area contributed by atoms with Crippen LogP contribution in [0.2, 0.25) is 0 Å². The molecule has 10 nitrogen and oxygen atoms in total. The molecule has 0 aromatic carbocycles. The number of hydrogen-bond acceptors (Lipinski definition) is 8. The molecule has 5 aromatic heterocycles. The minimum atomic E-state index is 0.174. The molecule has 0 spiro atoms. The zero-order chi connectivity index (χ0) is 22.9. The topological polar surface area (TPSA) is 108 Å². The molecule has 0 unspecified atom stereocenters. The van der Waals surface area contributed by atoms with Crippen molar-refractivity contribution < 1.29 is 4.74 Å². The number of anilines is 1. The Balaban J connectivity index is 1.65. The molecule has 1 N–H and O–H groups in total. The third kappa shape index (κ3) is 3.73. The summed E-state index contributed by atoms with van der Waals surface area (Å²) in [6, 6.07) is 6.06. The summed E-state index contributed by atoms with van der Waals surface area (Å²) < 4.78 is 9.58. The molecular formula is C23H25N9O. The number of aromatic nitrogens is 8. The van der Waals surface area contributed by atoms with Gasteiger partial charge in [-0.2, -0.15) is 5.10 Å². The second-order valence-electron chi connectivity index (χ2n) is 8.00. The first-order valence-corrected chi connectivity index (χ1v) is 10.9. The average molecular weight is 444 g/mol. The fourth-order valence-corrected chi connectivity index (χ4v) is 3.89. The number of pyridine rings is 2. The van der Waals surface area contributed by atoms with Crippen LogP contribution < -0.4 is 10.1 Å². The van der Waals surface area contributed by atoms with Crippen molar-refractivity contribution in [3.8, 4) is 17.1 Å². The Morgan fingerprint density at radius 3 is 2.91 bits per heavy atom. The van der Waals surface area contributed by atoms with Crippen LogP contribution in [0.3, 0.4) is 0 Å². The maximum Gasteiger partial charge on any atom is 0.222 e. The predicted molar refractivity (Wildman–Crippen MR) is 125 cm³/mol. The SMILES string of the molecule is CCOc1ncccc1-c1cc(NCc2cncn3cnnc23)c2c(n1)c(C)nn2C(C)C. The van der Waals surface area contributed by atoms with Crippen LogP contribution in [-0.2, 0) is 6.54 Å². The summed E-state index contributed by atoms with van der Waals surface area (Å²) in [5.74, 6) is 0.559. The van der Waals surface area contributed by atoms with Gasteiger partial charge < -0.3 is 10.1 Å². The molecule has 0 amide bonds. The van der Waals surface area contributed by atoms with Gasteiger partial charge in [0, 0.05) is 30.5 Å². The van der Waals surface area contributed by atoms with Crippen molar-refractivity contribution in [3.63, 3.8) is 0 Å². The average Bonchev–Trinajstić information content (AvgIpc) is 3.43. The summed E-state index contributed by atoms with van der Waals surface area (Å²) in [6.45, 7) is 9.18. The largest absolute Gasteiger partial charge is 0.477 e. The van der Waals surface area contributed by atoms with Crippen molar-refractivity contribution in [3.05, 3.63) is 54.5 Å². The maximum atomic E-state index is 5.77. The lowest BCUT2D eigenvalue weighted by atomic mass is 10.1. The van der Waals surface area contributed by atoms with E-state index in [4.69, 9.17) is 14.8 Å². The third-order valence-electron chi connectivity index (χ3n) is 5.39. The van der Waals surface area contributed by atoms with Crippen molar-refractivity contribution in [1.29, 1.82) is 0 Å². The molecule has 0 aliphatic carbocycles. The number of hydrogen-bond donors (Lipinski definition) is 1. The van der Waals surface area contributed by atoms with Crippen LogP contribution in [0.15, 0.2) is 43.2 Å². The number of nitrogens with one attached hydrogen (secondary N) is 1. The minimum absolute atomic E-state index is 0.174. The summed E-state index contributed by atoms with van der Waals surface area (Å²) >= 11 is 0. The molecule has 0 aliphatic rings. The van der Waals surface area contributed by atoms with E-state index in [9.17, 15) is 0 Å². The molecule has 10 heteroatoms. The fourth-order valence-electron chi connectivity index (χ4n) is 3.89. The van der Waals surface area contributed by atoms with Gasteiger partial charge in [-0.1, -0.05) is 0 Å². The Labute approximate surface area is 190 Å². The van der Waals surface area contributed by atoms with Gasteiger partial charge in [-0.25, -0.2) is 15.0 Å². The standard InChI is InChI=1S/C23H25N9O/c1-5-33-23-17(7-6-8-25-23)18-9-19(21-20(28-18)15(4)30-32(21)14(2)3)26-11-16-10-24-12-31-13-27-29-22(16)31/h6-10,12-14H,5,11H2,1-4H3,(H,26,28). The first-order valence-electron chi connectivity index (χ1n) is 10.9. The quantitative estimate of drug-likeness (QED) is 0.404. The van der Waals surface area contributed by atoms with Gasteiger partial charge in [0.05, 0.1) is 29.2 Å². The van der Waals surface area contributed by atoms with Gasteiger partial charge in [0.15, 0.2) is 5.65 Å². The van der Waals surface area contributed by atoms with Crippen LogP contribution in [0.5, 0.6) is 5.88 Å². The minimum Gasteiger partial charge on any atom is -0.477 e.